The monoisotopic (exact) mass is 653 g/mol. The van der Waals surface area contributed by atoms with Crippen LogP contribution in [0.4, 0.5) is 0 Å². The van der Waals surface area contributed by atoms with Crippen LogP contribution >= 0.6 is 0 Å². The van der Waals surface area contributed by atoms with Crippen molar-refractivity contribution in [3.05, 3.63) is 187 Å². The molecule has 240 valence electrons. The quantitative estimate of drug-likeness (QED) is 0.190. The van der Waals surface area contributed by atoms with Crippen molar-refractivity contribution in [3.8, 4) is 79.0 Å². The molecule has 0 N–H and O–H groups in total. The number of hydrogen-bond acceptors (Lipinski definition) is 4. The fourth-order valence-corrected chi connectivity index (χ4v) is 6.61. The Morgan fingerprint density at radius 1 is 0.294 bits per heavy atom. The van der Waals surface area contributed by atoms with Crippen LogP contribution < -0.4 is 4.74 Å². The van der Waals surface area contributed by atoms with Gasteiger partial charge in [-0.3, -0.25) is 0 Å². The highest BCUT2D eigenvalue weighted by Gasteiger charge is 2.18. The van der Waals surface area contributed by atoms with Crippen molar-refractivity contribution >= 4 is 12.2 Å². The van der Waals surface area contributed by atoms with Crippen LogP contribution in [0.2, 0.25) is 0 Å². The van der Waals surface area contributed by atoms with Gasteiger partial charge in [-0.05, 0) is 51.6 Å². The van der Waals surface area contributed by atoms with Crippen molar-refractivity contribution in [2.24, 2.45) is 0 Å². The third kappa shape index (κ3) is 6.00. The smallest absolute Gasteiger partial charge is 0.164 e. The van der Waals surface area contributed by atoms with Crippen molar-refractivity contribution in [1.82, 2.24) is 15.0 Å². The van der Waals surface area contributed by atoms with Crippen LogP contribution in [0, 0.1) is 0 Å². The maximum atomic E-state index is 6.76. The van der Waals surface area contributed by atoms with Crippen molar-refractivity contribution < 1.29 is 4.74 Å². The van der Waals surface area contributed by atoms with E-state index in [1.165, 1.54) is 5.56 Å². The predicted molar refractivity (Wildman–Crippen MR) is 208 cm³/mol. The lowest BCUT2D eigenvalue weighted by Gasteiger charge is -2.16. The third-order valence-corrected chi connectivity index (χ3v) is 9.21. The lowest BCUT2D eigenvalue weighted by Crippen LogP contribution is -2.00. The lowest BCUT2D eigenvalue weighted by molar-refractivity contribution is 0.486. The zero-order chi connectivity index (χ0) is 34.0. The van der Waals surface area contributed by atoms with E-state index in [9.17, 15) is 0 Å². The minimum Gasteiger partial charge on any atom is -0.456 e. The first-order chi connectivity index (χ1) is 25.3. The van der Waals surface area contributed by atoms with E-state index >= 15 is 0 Å². The van der Waals surface area contributed by atoms with Gasteiger partial charge in [-0.1, -0.05) is 170 Å². The predicted octanol–water partition coefficient (Wildman–Crippen LogP) is 12.1. The molecule has 0 spiro atoms. The molecule has 2 heterocycles. The number of fused-ring (bicyclic) bond motifs is 6. The molecule has 0 unspecified atom stereocenters. The van der Waals surface area contributed by atoms with Crippen LogP contribution in [0.25, 0.3) is 79.7 Å². The van der Waals surface area contributed by atoms with E-state index in [1.54, 1.807) is 0 Å². The van der Waals surface area contributed by atoms with Crippen LogP contribution in [0.5, 0.6) is 11.5 Å². The van der Waals surface area contributed by atoms with Gasteiger partial charge in [0.05, 0.1) is 0 Å². The van der Waals surface area contributed by atoms with Crippen LogP contribution in [-0.2, 0) is 0 Å². The van der Waals surface area contributed by atoms with E-state index in [0.717, 1.165) is 67.1 Å². The molecule has 9 rings (SSSR count). The number of aromatic nitrogens is 3. The highest BCUT2D eigenvalue weighted by Crippen LogP contribution is 2.42. The second-order valence-electron chi connectivity index (χ2n) is 12.4. The maximum Gasteiger partial charge on any atom is 0.164 e. The molecule has 0 atom stereocenters. The second kappa shape index (κ2) is 13.2. The summed E-state index contributed by atoms with van der Waals surface area (Å²) < 4.78 is 6.76. The normalized spacial score (nSPS) is 12.2. The van der Waals surface area contributed by atoms with Gasteiger partial charge in [0.25, 0.3) is 0 Å². The molecular formula is C47H31N3O. The SMILES string of the molecule is C1=C\c2ccc(-c3nc(-c4ccccc4)nc(-c4ccc(-c5ccccc5)cc4)n3)cc2-c2ccccc2Oc2ccccc2-c2ccccc2/1. The lowest BCUT2D eigenvalue weighted by atomic mass is 9.94. The Labute approximate surface area is 297 Å². The van der Waals surface area contributed by atoms with Gasteiger partial charge in [0.2, 0.25) is 0 Å². The first-order valence-electron chi connectivity index (χ1n) is 17.0. The van der Waals surface area contributed by atoms with Crippen molar-refractivity contribution in [2.45, 2.75) is 0 Å². The van der Waals surface area contributed by atoms with E-state index in [1.807, 2.05) is 60.7 Å². The van der Waals surface area contributed by atoms with Gasteiger partial charge in [-0.25, -0.2) is 15.0 Å². The van der Waals surface area contributed by atoms with Crippen LogP contribution in [0.3, 0.4) is 0 Å². The molecule has 0 saturated heterocycles. The molecule has 0 amide bonds. The Kier molecular flexibility index (Phi) is 7.80. The van der Waals surface area contributed by atoms with Gasteiger partial charge in [0, 0.05) is 27.8 Å². The molecule has 8 aromatic rings. The fourth-order valence-electron chi connectivity index (χ4n) is 6.61. The summed E-state index contributed by atoms with van der Waals surface area (Å²) in [6.07, 6.45) is 4.37. The average molecular weight is 654 g/mol. The molecule has 0 fully saturated rings. The molecule has 1 aliphatic rings. The number of ether oxygens (including phenoxy) is 1. The fraction of sp³-hybridized carbons (Fsp3) is 0. The highest BCUT2D eigenvalue weighted by atomic mass is 16.5. The molecule has 0 radical (unpaired) electrons. The highest BCUT2D eigenvalue weighted by molar-refractivity contribution is 5.90. The van der Waals surface area contributed by atoms with E-state index in [0.29, 0.717) is 17.5 Å². The van der Waals surface area contributed by atoms with Gasteiger partial charge < -0.3 is 4.74 Å². The zero-order valence-electron chi connectivity index (χ0n) is 27.6. The minimum atomic E-state index is 0.598. The third-order valence-electron chi connectivity index (χ3n) is 9.21. The number of rotatable bonds is 4. The van der Waals surface area contributed by atoms with Crippen LogP contribution in [0.1, 0.15) is 11.1 Å². The summed E-state index contributed by atoms with van der Waals surface area (Å²) in [7, 11) is 0. The van der Waals surface area contributed by atoms with E-state index < -0.39 is 0 Å². The first kappa shape index (κ1) is 30.2. The molecule has 0 aliphatic carbocycles. The molecule has 0 saturated carbocycles. The van der Waals surface area contributed by atoms with E-state index in [-0.39, 0.29) is 0 Å². The Morgan fingerprint density at radius 3 is 1.35 bits per heavy atom. The minimum absolute atomic E-state index is 0.598. The molecule has 1 aliphatic heterocycles. The topological polar surface area (TPSA) is 47.9 Å². The van der Waals surface area contributed by atoms with Gasteiger partial charge in [0.1, 0.15) is 11.5 Å². The van der Waals surface area contributed by atoms with Gasteiger partial charge in [-0.15, -0.1) is 0 Å². The van der Waals surface area contributed by atoms with Crippen molar-refractivity contribution in [1.29, 1.82) is 0 Å². The van der Waals surface area contributed by atoms with Crippen molar-refractivity contribution in [2.75, 3.05) is 0 Å². The summed E-state index contributed by atoms with van der Waals surface area (Å²) in [5.41, 5.74) is 11.4. The van der Waals surface area contributed by atoms with Gasteiger partial charge >= 0.3 is 0 Å². The summed E-state index contributed by atoms with van der Waals surface area (Å²) in [6, 6.07) is 60.1. The Hall–Kier alpha value is -6.91. The van der Waals surface area contributed by atoms with E-state index in [2.05, 4.69) is 127 Å². The first-order valence-corrected chi connectivity index (χ1v) is 17.0. The Bertz CT molecular complexity index is 2540. The molecule has 4 heteroatoms. The molecule has 4 nitrogen and oxygen atoms in total. The standard InChI is InChI=1S/C47H31N3O/c1-3-13-32(14-4-1)33-23-28-37(29-24-33)46-48-45(36-16-5-2-6-17-36)49-47(50-46)38-30-27-35-26-25-34-15-7-8-18-39(34)40-19-9-11-21-43(40)51-44-22-12-10-20-41(44)42(35)31-38/h1-31H/b26-25-. The molecule has 7 aromatic carbocycles. The molecule has 51 heavy (non-hydrogen) atoms. The van der Waals surface area contributed by atoms with Crippen LogP contribution in [0.15, 0.2) is 176 Å². The Balaban J connectivity index is 1.21. The second-order valence-corrected chi connectivity index (χ2v) is 12.4. The maximum absolute atomic E-state index is 6.76. The number of hydrogen-bond donors (Lipinski definition) is 0. The molecule has 0 bridgehead atoms. The van der Waals surface area contributed by atoms with Crippen molar-refractivity contribution in [3.63, 3.8) is 0 Å². The average Bonchev–Trinajstić information content (AvgIpc) is 3.23. The summed E-state index contributed by atoms with van der Waals surface area (Å²) in [6.45, 7) is 0. The summed E-state index contributed by atoms with van der Waals surface area (Å²) in [4.78, 5) is 15.1. The number of para-hydroxylation sites is 2. The number of nitrogens with zero attached hydrogens (tertiary/aromatic N) is 3. The van der Waals surface area contributed by atoms with Gasteiger partial charge in [0.15, 0.2) is 17.5 Å². The van der Waals surface area contributed by atoms with Gasteiger partial charge in [-0.2, -0.15) is 0 Å². The largest absolute Gasteiger partial charge is 0.456 e. The Morgan fingerprint density at radius 2 is 0.706 bits per heavy atom. The zero-order valence-corrected chi connectivity index (χ0v) is 27.6. The molecule has 1 aromatic heterocycles. The van der Waals surface area contributed by atoms with Crippen LogP contribution in [-0.4, -0.2) is 15.0 Å². The molecular weight excluding hydrogens is 623 g/mol. The summed E-state index contributed by atoms with van der Waals surface area (Å²) >= 11 is 0. The number of benzene rings is 7. The summed E-state index contributed by atoms with van der Waals surface area (Å²) in [5, 5.41) is 0. The summed E-state index contributed by atoms with van der Waals surface area (Å²) in [5.74, 6) is 3.42. The van der Waals surface area contributed by atoms with E-state index in [4.69, 9.17) is 19.7 Å².